The van der Waals surface area contributed by atoms with Crippen LogP contribution in [0.25, 0.3) is 0 Å². The fraction of sp³-hybridized carbons (Fsp3) is 0.571. The van der Waals surface area contributed by atoms with Crippen molar-refractivity contribution < 1.29 is 0 Å². The fourth-order valence-electron chi connectivity index (χ4n) is 2.00. The Morgan fingerprint density at radius 2 is 1.47 bits per heavy atom. The summed E-state index contributed by atoms with van der Waals surface area (Å²) in [7, 11) is 0. The average molecular weight is 201 g/mol. The fourth-order valence-corrected chi connectivity index (χ4v) is 2.00. The van der Waals surface area contributed by atoms with Crippen molar-refractivity contribution in [1.82, 2.24) is 0 Å². The lowest BCUT2D eigenvalue weighted by molar-refractivity contribution is 0.408. The van der Waals surface area contributed by atoms with Crippen LogP contribution in [0.15, 0.2) is 30.3 Å². The van der Waals surface area contributed by atoms with Gasteiger partial charge in [-0.2, -0.15) is 0 Å². The molecule has 0 bridgehead atoms. The quantitative estimate of drug-likeness (QED) is 0.643. The first kappa shape index (κ1) is 14.3. The van der Waals surface area contributed by atoms with Crippen molar-refractivity contribution in [2.45, 2.75) is 40.0 Å². The highest BCUT2D eigenvalue weighted by molar-refractivity contribution is 5.75. The van der Waals surface area contributed by atoms with E-state index in [0.717, 1.165) is 17.8 Å². The summed E-state index contributed by atoms with van der Waals surface area (Å²) in [4.78, 5) is 0. The van der Waals surface area contributed by atoms with Crippen LogP contribution in [0.2, 0.25) is 0 Å². The van der Waals surface area contributed by atoms with Gasteiger partial charge in [0.25, 0.3) is 0 Å². The highest BCUT2D eigenvalue weighted by Crippen LogP contribution is 2.30. The molecule has 81 valence electrons. The maximum atomic E-state index is 2.32. The molecule has 0 aliphatic carbocycles. The van der Waals surface area contributed by atoms with E-state index < -0.39 is 0 Å². The second-order valence-electron chi connectivity index (χ2n) is 4.89. The van der Waals surface area contributed by atoms with E-state index in [1.165, 1.54) is 12.0 Å². The van der Waals surface area contributed by atoms with Gasteiger partial charge >= 0.3 is 0 Å². The maximum Gasteiger partial charge on any atom is 0 e. The third kappa shape index (κ3) is 4.55. The molecule has 0 aliphatic rings. The first-order valence-corrected chi connectivity index (χ1v) is 5.66. The zero-order valence-electron chi connectivity index (χ0n) is 10.4. The monoisotopic (exact) mass is 201 g/mol. The van der Waals surface area contributed by atoms with Crippen molar-refractivity contribution in [2.24, 2.45) is 11.8 Å². The Labute approximate surface area is 96.7 Å². The molecule has 0 aliphatic heterocycles. The molecule has 0 fully saturated rings. The molecule has 15 heavy (non-hydrogen) atoms. The minimum Gasteiger partial charge on any atom is -0.0628 e. The van der Waals surface area contributed by atoms with Crippen molar-refractivity contribution in [3.8, 4) is 0 Å². The van der Waals surface area contributed by atoms with Crippen molar-refractivity contribution in [3.05, 3.63) is 35.9 Å². The van der Waals surface area contributed by atoms with Gasteiger partial charge in [0.1, 0.15) is 0 Å². The van der Waals surface area contributed by atoms with Gasteiger partial charge < -0.3 is 0 Å². The van der Waals surface area contributed by atoms with E-state index in [4.69, 9.17) is 0 Å². The molecule has 0 nitrogen and oxygen atoms in total. The second kappa shape index (κ2) is 6.71. The van der Waals surface area contributed by atoms with Crippen molar-refractivity contribution in [3.63, 3.8) is 0 Å². The van der Waals surface area contributed by atoms with Crippen molar-refractivity contribution in [2.75, 3.05) is 0 Å². The molecule has 0 spiro atoms. The molecule has 3 radical (unpaired) electrons. The van der Waals surface area contributed by atoms with E-state index in [0.29, 0.717) is 0 Å². The molecule has 1 heteroatoms. The molecule has 1 rings (SSSR count). The number of rotatable bonds is 4. The minimum atomic E-state index is 0. The average Bonchev–Trinajstić information content (AvgIpc) is 2.15. The highest BCUT2D eigenvalue weighted by atomic mass is 14.2. The Morgan fingerprint density at radius 1 is 0.933 bits per heavy atom. The molecule has 0 saturated heterocycles. The first-order chi connectivity index (χ1) is 6.61. The van der Waals surface area contributed by atoms with E-state index in [-0.39, 0.29) is 8.41 Å². The van der Waals surface area contributed by atoms with E-state index in [1.807, 2.05) is 0 Å². The van der Waals surface area contributed by atoms with Crippen molar-refractivity contribution >= 4 is 8.41 Å². The SMILES string of the molecule is CC(C)CC(c1ccccc1)C(C)C.[B]. The van der Waals surface area contributed by atoms with Gasteiger partial charge in [0.2, 0.25) is 0 Å². The Hall–Kier alpha value is -0.715. The van der Waals surface area contributed by atoms with Gasteiger partial charge in [0, 0.05) is 8.41 Å². The molecule has 0 heterocycles. The number of hydrogen-bond acceptors (Lipinski definition) is 0. The zero-order valence-corrected chi connectivity index (χ0v) is 10.4. The summed E-state index contributed by atoms with van der Waals surface area (Å²) in [5.41, 5.74) is 1.50. The van der Waals surface area contributed by atoms with Crippen LogP contribution in [-0.4, -0.2) is 8.41 Å². The van der Waals surface area contributed by atoms with Gasteiger partial charge in [-0.05, 0) is 29.7 Å². The normalized spacial score (nSPS) is 12.7. The molecule has 0 N–H and O–H groups in total. The predicted octanol–water partition coefficient (Wildman–Crippen LogP) is 4.09. The molecule has 0 aromatic heterocycles. The summed E-state index contributed by atoms with van der Waals surface area (Å²) >= 11 is 0. The van der Waals surface area contributed by atoms with E-state index in [1.54, 1.807) is 0 Å². The molecule has 0 amide bonds. The van der Waals surface area contributed by atoms with Gasteiger partial charge in [-0.1, -0.05) is 58.0 Å². The minimum absolute atomic E-state index is 0. The van der Waals surface area contributed by atoms with Gasteiger partial charge in [-0.25, -0.2) is 0 Å². The smallest absolute Gasteiger partial charge is 0 e. The standard InChI is InChI=1S/C14H22.B/c1-11(2)10-14(12(3)4)13-8-6-5-7-9-13;/h5-9,11-12,14H,10H2,1-4H3;. The molecular formula is C14H22B. The summed E-state index contributed by atoms with van der Waals surface area (Å²) in [6.45, 7) is 9.25. The van der Waals surface area contributed by atoms with E-state index >= 15 is 0 Å². The largest absolute Gasteiger partial charge is 0.0628 e. The molecule has 0 saturated carbocycles. The van der Waals surface area contributed by atoms with Crippen LogP contribution in [0.5, 0.6) is 0 Å². The third-order valence-electron chi connectivity index (χ3n) is 2.76. The predicted molar refractivity (Wildman–Crippen MR) is 69.2 cm³/mol. The van der Waals surface area contributed by atoms with Crippen LogP contribution >= 0.6 is 0 Å². The maximum absolute atomic E-state index is 2.32. The van der Waals surface area contributed by atoms with Crippen molar-refractivity contribution in [1.29, 1.82) is 0 Å². The number of hydrogen-bond donors (Lipinski definition) is 0. The highest BCUT2D eigenvalue weighted by Gasteiger charge is 2.16. The van der Waals surface area contributed by atoms with Gasteiger partial charge in [-0.3, -0.25) is 0 Å². The lowest BCUT2D eigenvalue weighted by Gasteiger charge is -2.23. The Morgan fingerprint density at radius 3 is 1.87 bits per heavy atom. The van der Waals surface area contributed by atoms with Crippen LogP contribution < -0.4 is 0 Å². The summed E-state index contributed by atoms with van der Waals surface area (Å²) in [6, 6.07) is 10.9. The number of benzene rings is 1. The van der Waals surface area contributed by atoms with Crippen LogP contribution in [0.3, 0.4) is 0 Å². The Bertz CT molecular complexity index is 251. The lowest BCUT2D eigenvalue weighted by atomic mass is 9.82. The molecular weight excluding hydrogens is 179 g/mol. The summed E-state index contributed by atoms with van der Waals surface area (Å²) in [5.74, 6) is 2.23. The van der Waals surface area contributed by atoms with Crippen LogP contribution in [0.4, 0.5) is 0 Å². The van der Waals surface area contributed by atoms with E-state index in [2.05, 4.69) is 58.0 Å². The summed E-state index contributed by atoms with van der Waals surface area (Å²) in [6.07, 6.45) is 1.29. The van der Waals surface area contributed by atoms with Gasteiger partial charge in [-0.15, -0.1) is 0 Å². The molecule has 1 unspecified atom stereocenters. The molecule has 1 aromatic carbocycles. The Balaban J connectivity index is 0.00000196. The summed E-state index contributed by atoms with van der Waals surface area (Å²) in [5, 5.41) is 0. The van der Waals surface area contributed by atoms with Crippen LogP contribution in [0, 0.1) is 11.8 Å². The summed E-state index contributed by atoms with van der Waals surface area (Å²) < 4.78 is 0. The van der Waals surface area contributed by atoms with Crippen LogP contribution in [-0.2, 0) is 0 Å². The van der Waals surface area contributed by atoms with Gasteiger partial charge in [0.05, 0.1) is 0 Å². The third-order valence-corrected chi connectivity index (χ3v) is 2.76. The molecule has 1 atom stereocenters. The van der Waals surface area contributed by atoms with E-state index in [9.17, 15) is 0 Å². The van der Waals surface area contributed by atoms with Crippen LogP contribution in [0.1, 0.15) is 45.6 Å². The molecule has 1 aromatic rings. The first-order valence-electron chi connectivity index (χ1n) is 5.66. The Kier molecular flexibility index (Phi) is 6.39. The lowest BCUT2D eigenvalue weighted by Crippen LogP contribution is -2.09. The second-order valence-corrected chi connectivity index (χ2v) is 4.89. The zero-order chi connectivity index (χ0) is 10.6. The topological polar surface area (TPSA) is 0 Å². The van der Waals surface area contributed by atoms with Gasteiger partial charge in [0.15, 0.2) is 0 Å².